The summed E-state index contributed by atoms with van der Waals surface area (Å²) in [7, 11) is 0. The Hall–Kier alpha value is -2.45. The number of rotatable bonds is 5. The van der Waals surface area contributed by atoms with Crippen molar-refractivity contribution in [1.82, 2.24) is 15.6 Å². The van der Waals surface area contributed by atoms with E-state index in [0.717, 1.165) is 5.56 Å². The molecule has 0 spiro atoms. The van der Waals surface area contributed by atoms with Crippen molar-refractivity contribution in [2.75, 3.05) is 0 Å². The molecule has 1 heterocycles. The molecule has 0 fully saturated rings. The first-order chi connectivity index (χ1) is 12.3. The number of carbonyl (C=O) groups excluding carboxylic acids is 3. The van der Waals surface area contributed by atoms with Gasteiger partial charge in [0.05, 0.1) is 0 Å². The van der Waals surface area contributed by atoms with Crippen molar-refractivity contribution in [3.63, 3.8) is 0 Å². The molecule has 0 aliphatic heterocycles. The number of hydrogen-bond donors (Lipinski definition) is 2. The van der Waals surface area contributed by atoms with Gasteiger partial charge in [-0.25, -0.2) is 14.6 Å². The average Bonchev–Trinajstić information content (AvgIpc) is 3.04. The molecule has 0 aliphatic carbocycles. The van der Waals surface area contributed by atoms with Gasteiger partial charge >= 0.3 is 12.0 Å². The number of benzene rings is 1. The van der Waals surface area contributed by atoms with Gasteiger partial charge in [0.2, 0.25) is 0 Å². The van der Waals surface area contributed by atoms with E-state index in [2.05, 4.69) is 15.6 Å². The summed E-state index contributed by atoms with van der Waals surface area (Å²) in [6.07, 6.45) is -1.14. The number of hydrogen-bond acceptors (Lipinski definition) is 6. The highest BCUT2D eigenvalue weighted by Gasteiger charge is 2.22. The lowest BCUT2D eigenvalue weighted by atomic mass is 10.2. The van der Waals surface area contributed by atoms with Crippen LogP contribution in [-0.2, 0) is 9.53 Å². The second-order valence-electron chi connectivity index (χ2n) is 5.71. The number of thiazole rings is 1. The number of imide groups is 1. The van der Waals surface area contributed by atoms with Gasteiger partial charge < -0.3 is 10.1 Å². The van der Waals surface area contributed by atoms with Gasteiger partial charge in [0.25, 0.3) is 5.91 Å². The maximum atomic E-state index is 12.1. The van der Waals surface area contributed by atoms with Crippen molar-refractivity contribution in [1.29, 1.82) is 0 Å². The van der Waals surface area contributed by atoms with E-state index in [-0.39, 0.29) is 11.7 Å². The summed E-state index contributed by atoms with van der Waals surface area (Å²) >= 11 is 7.12. The Kier molecular flexibility index (Phi) is 6.70. The van der Waals surface area contributed by atoms with Crippen molar-refractivity contribution in [3.8, 4) is 10.6 Å². The van der Waals surface area contributed by atoms with E-state index in [1.54, 1.807) is 43.5 Å². The molecule has 1 unspecified atom stereocenters. The molecule has 0 saturated carbocycles. The third-order valence-corrected chi connectivity index (χ3v) is 4.26. The van der Waals surface area contributed by atoms with Crippen molar-refractivity contribution in [2.45, 2.75) is 32.9 Å². The van der Waals surface area contributed by atoms with Crippen LogP contribution in [0.5, 0.6) is 0 Å². The second kappa shape index (κ2) is 8.77. The van der Waals surface area contributed by atoms with Crippen LogP contribution >= 0.6 is 22.9 Å². The molecule has 1 aromatic heterocycles. The van der Waals surface area contributed by atoms with Crippen LogP contribution in [0.1, 0.15) is 31.3 Å². The zero-order valence-corrected chi connectivity index (χ0v) is 16.0. The highest BCUT2D eigenvalue weighted by Crippen LogP contribution is 2.25. The minimum Gasteiger partial charge on any atom is -0.448 e. The van der Waals surface area contributed by atoms with Crippen molar-refractivity contribution in [3.05, 3.63) is 40.4 Å². The maximum Gasteiger partial charge on any atom is 0.358 e. The summed E-state index contributed by atoms with van der Waals surface area (Å²) < 4.78 is 5.06. The van der Waals surface area contributed by atoms with Crippen molar-refractivity contribution in [2.24, 2.45) is 0 Å². The minimum absolute atomic E-state index is 0.0891. The number of esters is 1. The summed E-state index contributed by atoms with van der Waals surface area (Å²) in [5.41, 5.74) is 0.904. The number of urea groups is 1. The molecule has 2 N–H and O–H groups in total. The number of ether oxygens (including phenoxy) is 1. The summed E-state index contributed by atoms with van der Waals surface area (Å²) in [6.45, 7) is 4.89. The fourth-order valence-corrected chi connectivity index (χ4v) is 2.80. The minimum atomic E-state index is -1.14. The Labute approximate surface area is 159 Å². The second-order valence-corrected chi connectivity index (χ2v) is 7.00. The lowest BCUT2D eigenvalue weighted by Gasteiger charge is -2.13. The predicted octanol–water partition coefficient (Wildman–Crippen LogP) is 3.24. The molecule has 0 saturated heterocycles. The Morgan fingerprint density at radius 3 is 2.42 bits per heavy atom. The molecule has 0 radical (unpaired) electrons. The number of halogens is 1. The number of carbonyl (C=O) groups is 3. The molecule has 26 heavy (non-hydrogen) atoms. The maximum absolute atomic E-state index is 12.1. The largest absolute Gasteiger partial charge is 0.448 e. The van der Waals surface area contributed by atoms with Gasteiger partial charge in [0, 0.05) is 22.0 Å². The summed E-state index contributed by atoms with van der Waals surface area (Å²) in [5, 5.41) is 7.39. The first-order valence-corrected chi connectivity index (χ1v) is 9.06. The zero-order chi connectivity index (χ0) is 19.3. The van der Waals surface area contributed by atoms with Crippen molar-refractivity contribution < 1.29 is 19.1 Å². The summed E-state index contributed by atoms with van der Waals surface area (Å²) in [4.78, 5) is 39.7. The smallest absolute Gasteiger partial charge is 0.358 e. The molecule has 0 aliphatic rings. The van der Waals surface area contributed by atoms with E-state index in [4.69, 9.17) is 16.3 Å². The molecule has 2 aromatic rings. The molecule has 1 aromatic carbocycles. The monoisotopic (exact) mass is 395 g/mol. The Morgan fingerprint density at radius 2 is 1.81 bits per heavy atom. The van der Waals surface area contributed by atoms with Gasteiger partial charge in [-0.05, 0) is 32.9 Å². The summed E-state index contributed by atoms with van der Waals surface area (Å²) in [6, 6.07) is 6.27. The lowest BCUT2D eigenvalue weighted by molar-refractivity contribution is -0.127. The highest BCUT2D eigenvalue weighted by molar-refractivity contribution is 7.13. The van der Waals surface area contributed by atoms with E-state index < -0.39 is 24.0 Å². The molecule has 9 heteroatoms. The molecule has 7 nitrogen and oxygen atoms in total. The number of amides is 3. The zero-order valence-electron chi connectivity index (χ0n) is 14.4. The molecular formula is C17H18ClN3O4S. The van der Waals surface area contributed by atoms with Gasteiger partial charge in [0.1, 0.15) is 5.01 Å². The Bertz CT molecular complexity index is 805. The van der Waals surface area contributed by atoms with E-state index in [1.165, 1.54) is 18.3 Å². The van der Waals surface area contributed by atoms with Gasteiger partial charge in [0.15, 0.2) is 11.8 Å². The SMILES string of the molecule is CC(C)NC(=O)NC(=O)C(C)OC(=O)c1csc(-c2ccc(Cl)cc2)n1. The number of nitrogens with zero attached hydrogens (tertiary/aromatic N) is 1. The van der Waals surface area contributed by atoms with Crippen LogP contribution in [0.2, 0.25) is 5.02 Å². The predicted molar refractivity (Wildman–Crippen MR) is 99.2 cm³/mol. The Balaban J connectivity index is 1.96. The average molecular weight is 396 g/mol. The van der Waals surface area contributed by atoms with Gasteiger partial charge in [-0.15, -0.1) is 11.3 Å². The molecule has 3 amide bonds. The number of aromatic nitrogens is 1. The molecule has 0 bridgehead atoms. The van der Waals surface area contributed by atoms with Gasteiger partial charge in [-0.1, -0.05) is 23.7 Å². The fraction of sp³-hybridized carbons (Fsp3) is 0.294. The third kappa shape index (κ3) is 5.53. The highest BCUT2D eigenvalue weighted by atomic mass is 35.5. The van der Waals surface area contributed by atoms with E-state index in [0.29, 0.717) is 10.0 Å². The van der Waals surface area contributed by atoms with E-state index in [9.17, 15) is 14.4 Å². The molecule has 2 rings (SSSR count). The van der Waals surface area contributed by atoms with Crippen LogP contribution in [0.3, 0.4) is 0 Å². The molecule has 138 valence electrons. The van der Waals surface area contributed by atoms with Crippen LogP contribution in [-0.4, -0.2) is 35.0 Å². The first kappa shape index (κ1) is 19.9. The van der Waals surface area contributed by atoms with Crippen LogP contribution < -0.4 is 10.6 Å². The van der Waals surface area contributed by atoms with Crippen LogP contribution in [0.15, 0.2) is 29.6 Å². The van der Waals surface area contributed by atoms with Crippen LogP contribution in [0.4, 0.5) is 4.79 Å². The normalized spacial score (nSPS) is 11.7. The van der Waals surface area contributed by atoms with E-state index in [1.807, 2.05) is 0 Å². The molecule has 1 atom stereocenters. The Morgan fingerprint density at radius 1 is 1.15 bits per heavy atom. The third-order valence-electron chi connectivity index (χ3n) is 3.11. The fourth-order valence-electron chi connectivity index (χ4n) is 1.88. The number of nitrogens with one attached hydrogen (secondary N) is 2. The standard InChI is InChI=1S/C17H18ClN3O4S/c1-9(2)19-17(24)21-14(22)10(3)25-16(23)13-8-26-15(20-13)11-4-6-12(18)7-5-11/h4-10H,1-3H3,(H2,19,21,22,24). The van der Waals surface area contributed by atoms with Gasteiger partial charge in [-0.2, -0.15) is 0 Å². The topological polar surface area (TPSA) is 97.4 Å². The quantitative estimate of drug-likeness (QED) is 0.757. The lowest BCUT2D eigenvalue weighted by Crippen LogP contribution is -2.46. The first-order valence-electron chi connectivity index (χ1n) is 7.80. The van der Waals surface area contributed by atoms with Gasteiger partial charge in [-0.3, -0.25) is 10.1 Å². The summed E-state index contributed by atoms with van der Waals surface area (Å²) in [5.74, 6) is -1.46. The van der Waals surface area contributed by atoms with Crippen molar-refractivity contribution >= 4 is 40.8 Å². The molecular weight excluding hydrogens is 378 g/mol. The van der Waals surface area contributed by atoms with Crippen LogP contribution in [0, 0.1) is 0 Å². The van der Waals surface area contributed by atoms with E-state index >= 15 is 0 Å². The van der Waals surface area contributed by atoms with Crippen LogP contribution in [0.25, 0.3) is 10.6 Å².